The first-order chi connectivity index (χ1) is 9.63. The molecule has 126 valence electrons. The lowest BCUT2D eigenvalue weighted by molar-refractivity contribution is 0.694. The van der Waals surface area contributed by atoms with Crippen LogP contribution in [0.5, 0.6) is 0 Å². The van der Waals surface area contributed by atoms with Crippen LogP contribution in [0.3, 0.4) is 0 Å². The fourth-order valence-electron chi connectivity index (χ4n) is 1.83. The number of hydrogen-bond acceptors (Lipinski definition) is 6. The predicted octanol–water partition coefficient (Wildman–Crippen LogP) is 3.07. The maximum absolute atomic E-state index is 5.82. The van der Waals surface area contributed by atoms with Crippen molar-refractivity contribution in [3.05, 3.63) is 40.8 Å². The van der Waals surface area contributed by atoms with Crippen molar-refractivity contribution in [1.82, 2.24) is 14.8 Å². The minimum atomic E-state index is 0. The second-order valence-electron chi connectivity index (χ2n) is 4.39. The standard InChI is InChI=1S/C13H14N6S.3ClH/c14-9-3-1-8(2-4-9)11-7-20-12(18-11)6-19-13(16)10(15)5-17-19;;;/h1-5,7H,6,14-16H2;3*1H. The van der Waals surface area contributed by atoms with Gasteiger partial charge in [0.05, 0.1) is 24.1 Å². The summed E-state index contributed by atoms with van der Waals surface area (Å²) in [6.07, 6.45) is 1.55. The maximum atomic E-state index is 5.82. The van der Waals surface area contributed by atoms with E-state index in [1.807, 2.05) is 29.6 Å². The zero-order valence-electron chi connectivity index (χ0n) is 11.9. The van der Waals surface area contributed by atoms with Gasteiger partial charge in [0, 0.05) is 16.6 Å². The van der Waals surface area contributed by atoms with Crippen molar-refractivity contribution in [3.63, 3.8) is 0 Å². The van der Waals surface area contributed by atoms with Crippen molar-refractivity contribution < 1.29 is 0 Å². The third-order valence-corrected chi connectivity index (χ3v) is 3.79. The smallest absolute Gasteiger partial charge is 0.145 e. The summed E-state index contributed by atoms with van der Waals surface area (Å²) >= 11 is 1.56. The lowest BCUT2D eigenvalue weighted by Crippen LogP contribution is -2.06. The van der Waals surface area contributed by atoms with Crippen molar-refractivity contribution >= 4 is 65.8 Å². The maximum Gasteiger partial charge on any atom is 0.145 e. The Morgan fingerprint density at radius 1 is 1.00 bits per heavy atom. The van der Waals surface area contributed by atoms with E-state index >= 15 is 0 Å². The Morgan fingerprint density at radius 2 is 1.65 bits per heavy atom. The van der Waals surface area contributed by atoms with Crippen LogP contribution in [0.4, 0.5) is 17.2 Å². The molecule has 23 heavy (non-hydrogen) atoms. The summed E-state index contributed by atoms with van der Waals surface area (Å²) in [6.45, 7) is 0.517. The average Bonchev–Trinajstić information content (AvgIpc) is 3.02. The number of thiazole rings is 1. The largest absolute Gasteiger partial charge is 0.399 e. The molecule has 0 atom stereocenters. The summed E-state index contributed by atoms with van der Waals surface area (Å²) in [5.74, 6) is 0.467. The average molecular weight is 396 g/mol. The van der Waals surface area contributed by atoms with Crippen LogP contribution in [0.1, 0.15) is 5.01 Å². The molecule has 0 amide bonds. The van der Waals surface area contributed by atoms with Gasteiger partial charge in [-0.2, -0.15) is 5.10 Å². The monoisotopic (exact) mass is 394 g/mol. The van der Waals surface area contributed by atoms with Gasteiger partial charge in [-0.1, -0.05) is 12.1 Å². The van der Waals surface area contributed by atoms with Crippen molar-refractivity contribution in [3.8, 4) is 11.3 Å². The summed E-state index contributed by atoms with van der Waals surface area (Å²) in [5.41, 5.74) is 20.3. The van der Waals surface area contributed by atoms with Gasteiger partial charge in [-0.05, 0) is 12.1 Å². The lowest BCUT2D eigenvalue weighted by atomic mass is 10.1. The van der Waals surface area contributed by atoms with Crippen molar-refractivity contribution in [1.29, 1.82) is 0 Å². The number of nitrogen functional groups attached to an aromatic ring is 3. The highest BCUT2D eigenvalue weighted by atomic mass is 35.5. The summed E-state index contributed by atoms with van der Waals surface area (Å²) in [5, 5.41) is 7.05. The number of benzene rings is 1. The first-order valence-electron chi connectivity index (χ1n) is 6.00. The molecule has 0 spiro atoms. The Hall–Kier alpha value is -1.67. The van der Waals surface area contributed by atoms with E-state index in [0.29, 0.717) is 18.1 Å². The highest BCUT2D eigenvalue weighted by Gasteiger charge is 2.09. The zero-order valence-corrected chi connectivity index (χ0v) is 15.1. The second kappa shape index (κ2) is 8.83. The Bertz CT molecular complexity index is 741. The highest BCUT2D eigenvalue weighted by Crippen LogP contribution is 2.24. The minimum absolute atomic E-state index is 0. The van der Waals surface area contributed by atoms with Crippen LogP contribution in [0.25, 0.3) is 11.3 Å². The third kappa shape index (κ3) is 4.65. The Kier molecular flexibility index (Phi) is 8.19. The number of nitrogens with two attached hydrogens (primary N) is 3. The van der Waals surface area contributed by atoms with Gasteiger partial charge >= 0.3 is 0 Å². The predicted molar refractivity (Wildman–Crippen MR) is 104 cm³/mol. The number of halogens is 3. The first-order valence-corrected chi connectivity index (χ1v) is 6.88. The Balaban J connectivity index is 0.00000161. The van der Waals surface area contributed by atoms with Gasteiger partial charge in [0.15, 0.2) is 0 Å². The van der Waals surface area contributed by atoms with Crippen LogP contribution < -0.4 is 17.2 Å². The molecule has 0 saturated carbocycles. The third-order valence-electron chi connectivity index (χ3n) is 2.95. The SMILES string of the molecule is Cl.Cl.Cl.Nc1ccc(-c2csc(Cn3ncc(N)c3N)n2)cc1. The fraction of sp³-hybridized carbons (Fsp3) is 0.0769. The van der Waals surface area contributed by atoms with Gasteiger partial charge in [0.1, 0.15) is 10.8 Å². The molecule has 10 heteroatoms. The molecule has 0 aliphatic heterocycles. The molecule has 0 fully saturated rings. The van der Waals surface area contributed by atoms with Gasteiger partial charge in [-0.25, -0.2) is 9.67 Å². The molecule has 0 unspecified atom stereocenters. The van der Waals surface area contributed by atoms with E-state index in [1.165, 1.54) is 0 Å². The van der Waals surface area contributed by atoms with Gasteiger partial charge in [0.2, 0.25) is 0 Å². The number of nitrogens with zero attached hydrogens (tertiary/aromatic N) is 3. The molecule has 0 bridgehead atoms. The molecule has 2 heterocycles. The topological polar surface area (TPSA) is 109 Å². The van der Waals surface area contributed by atoms with Crippen molar-refractivity contribution in [2.24, 2.45) is 0 Å². The normalized spacial score (nSPS) is 9.39. The van der Waals surface area contributed by atoms with Crippen molar-refractivity contribution in [2.45, 2.75) is 6.54 Å². The van der Waals surface area contributed by atoms with E-state index in [9.17, 15) is 0 Å². The van der Waals surface area contributed by atoms with E-state index in [0.717, 1.165) is 22.0 Å². The van der Waals surface area contributed by atoms with Gasteiger partial charge in [-0.15, -0.1) is 48.6 Å². The molecule has 2 aromatic heterocycles. The molecule has 3 aromatic rings. The highest BCUT2D eigenvalue weighted by molar-refractivity contribution is 7.09. The zero-order chi connectivity index (χ0) is 14.1. The van der Waals surface area contributed by atoms with E-state index in [2.05, 4.69) is 10.1 Å². The minimum Gasteiger partial charge on any atom is -0.399 e. The van der Waals surface area contributed by atoms with E-state index in [-0.39, 0.29) is 37.2 Å². The summed E-state index contributed by atoms with van der Waals surface area (Å²) < 4.78 is 1.64. The molecule has 0 aliphatic carbocycles. The number of hydrogen-bond donors (Lipinski definition) is 3. The van der Waals surface area contributed by atoms with Crippen LogP contribution in [0.2, 0.25) is 0 Å². The Morgan fingerprint density at radius 3 is 2.22 bits per heavy atom. The van der Waals surface area contributed by atoms with Crippen LogP contribution in [-0.2, 0) is 6.54 Å². The number of rotatable bonds is 3. The second-order valence-corrected chi connectivity index (χ2v) is 5.33. The number of aromatic nitrogens is 3. The summed E-state index contributed by atoms with van der Waals surface area (Å²) in [4.78, 5) is 4.58. The van der Waals surface area contributed by atoms with Crippen LogP contribution in [-0.4, -0.2) is 14.8 Å². The fourth-order valence-corrected chi connectivity index (χ4v) is 2.62. The summed E-state index contributed by atoms with van der Waals surface area (Å²) in [6, 6.07) is 7.63. The quantitative estimate of drug-likeness (QED) is 0.590. The van der Waals surface area contributed by atoms with E-state index < -0.39 is 0 Å². The molecule has 3 rings (SSSR count). The van der Waals surface area contributed by atoms with Crippen molar-refractivity contribution in [2.75, 3.05) is 17.2 Å². The van der Waals surface area contributed by atoms with E-state index in [1.54, 1.807) is 22.2 Å². The van der Waals surface area contributed by atoms with Crippen LogP contribution in [0.15, 0.2) is 35.8 Å². The molecule has 0 radical (unpaired) electrons. The van der Waals surface area contributed by atoms with Gasteiger partial charge in [-0.3, -0.25) is 0 Å². The van der Waals surface area contributed by atoms with Crippen LogP contribution in [0, 0.1) is 0 Å². The van der Waals surface area contributed by atoms with Gasteiger partial charge < -0.3 is 17.2 Å². The van der Waals surface area contributed by atoms with Gasteiger partial charge in [0.25, 0.3) is 0 Å². The molecule has 6 nitrogen and oxygen atoms in total. The molecule has 1 aromatic carbocycles. The molecule has 0 saturated heterocycles. The summed E-state index contributed by atoms with van der Waals surface area (Å²) in [7, 11) is 0. The molecular formula is C13H17Cl3N6S. The molecular weight excluding hydrogens is 379 g/mol. The lowest BCUT2D eigenvalue weighted by Gasteiger charge is -2.01. The number of anilines is 3. The molecule has 0 aliphatic rings. The van der Waals surface area contributed by atoms with E-state index in [4.69, 9.17) is 17.2 Å². The Labute approximate surface area is 156 Å². The van der Waals surface area contributed by atoms with Crippen LogP contribution >= 0.6 is 48.6 Å². The first kappa shape index (κ1) is 21.3. The molecule has 6 N–H and O–H groups in total.